The molecule has 0 aliphatic heterocycles. The third kappa shape index (κ3) is 4.97. The minimum absolute atomic E-state index is 0.0399. The molecule has 3 aromatic carbocycles. The molecule has 1 atom stereocenters. The van der Waals surface area contributed by atoms with Crippen LogP contribution in [0.25, 0.3) is 0 Å². The molecule has 0 aliphatic rings. The average Bonchev–Trinajstić information content (AvgIpc) is 2.67. The first-order valence-electron chi connectivity index (χ1n) is 9.04. The number of aryl methyl sites for hydroxylation is 2. The van der Waals surface area contributed by atoms with Gasteiger partial charge in [-0.15, -0.1) is 0 Å². The summed E-state index contributed by atoms with van der Waals surface area (Å²) in [5.74, 6) is -0.0399. The van der Waals surface area contributed by atoms with E-state index in [9.17, 15) is 4.79 Å². The van der Waals surface area contributed by atoms with E-state index in [-0.39, 0.29) is 11.9 Å². The second-order valence-corrected chi connectivity index (χ2v) is 7.13. The lowest BCUT2D eigenvalue weighted by Crippen LogP contribution is -2.85. The number of anilines is 1. The Morgan fingerprint density at radius 3 is 2.44 bits per heavy atom. The predicted octanol–water partition coefficient (Wildman–Crippen LogP) is 4.40. The van der Waals surface area contributed by atoms with Gasteiger partial charge in [-0.25, -0.2) is 0 Å². The Morgan fingerprint density at radius 2 is 1.70 bits per heavy atom. The van der Waals surface area contributed by atoms with Crippen molar-refractivity contribution < 1.29 is 10.1 Å². The van der Waals surface area contributed by atoms with Crippen LogP contribution in [0.2, 0.25) is 5.02 Å². The molecule has 1 amide bonds. The smallest absolute Gasteiger partial charge is 0.287 e. The van der Waals surface area contributed by atoms with Gasteiger partial charge in [0, 0.05) is 21.8 Å². The van der Waals surface area contributed by atoms with Gasteiger partial charge in [-0.1, -0.05) is 72.3 Å². The topological polar surface area (TPSA) is 45.7 Å². The Hall–Kier alpha value is -2.62. The number of carbonyl (C=O) groups excluding carboxylic acids is 1. The van der Waals surface area contributed by atoms with Gasteiger partial charge >= 0.3 is 0 Å². The van der Waals surface area contributed by atoms with Crippen LogP contribution < -0.4 is 10.6 Å². The second-order valence-electron chi connectivity index (χ2n) is 6.73. The molecule has 0 aromatic heterocycles. The number of rotatable bonds is 6. The molecule has 0 unspecified atom stereocenters. The van der Waals surface area contributed by atoms with E-state index in [0.717, 1.165) is 33.0 Å². The summed E-state index contributed by atoms with van der Waals surface area (Å²) >= 11 is 6.28. The fraction of sp³-hybridized carbons (Fsp3) is 0.174. The molecule has 3 aromatic rings. The molecule has 0 spiro atoms. The standard InChI is InChI=1S/C23H23ClN2O/c1-16-12-13-17(2)21(14-16)26-23(27)22(18-8-4-3-5-9-18)25-15-19-10-6-7-11-20(19)24/h3-14,22,25H,15H2,1-2H3,(H,26,27)/p+1/t22-/m0/s1. The highest BCUT2D eigenvalue weighted by molar-refractivity contribution is 6.31. The number of benzene rings is 3. The third-order valence-electron chi connectivity index (χ3n) is 4.62. The number of quaternary nitrogens is 1. The number of nitrogens with two attached hydrogens (primary N) is 1. The minimum atomic E-state index is -0.359. The van der Waals surface area contributed by atoms with Crippen LogP contribution in [0.3, 0.4) is 0 Å². The summed E-state index contributed by atoms with van der Waals surface area (Å²) in [5.41, 5.74) is 5.00. The molecule has 0 heterocycles. The van der Waals surface area contributed by atoms with Crippen LogP contribution in [0.4, 0.5) is 5.69 Å². The van der Waals surface area contributed by atoms with Crippen molar-refractivity contribution in [3.05, 3.63) is 100 Å². The first-order valence-corrected chi connectivity index (χ1v) is 9.42. The molecule has 0 bridgehead atoms. The molecule has 0 fully saturated rings. The Labute approximate surface area is 165 Å². The highest BCUT2D eigenvalue weighted by Crippen LogP contribution is 2.19. The molecule has 3 N–H and O–H groups in total. The van der Waals surface area contributed by atoms with Crippen molar-refractivity contribution in [1.29, 1.82) is 0 Å². The summed E-state index contributed by atoms with van der Waals surface area (Å²) in [6.07, 6.45) is 0. The fourth-order valence-electron chi connectivity index (χ4n) is 3.04. The molecule has 3 rings (SSSR count). The van der Waals surface area contributed by atoms with Gasteiger partial charge in [0.15, 0.2) is 6.04 Å². The summed E-state index contributed by atoms with van der Waals surface area (Å²) in [7, 11) is 0. The van der Waals surface area contributed by atoms with Gasteiger partial charge in [-0.3, -0.25) is 4.79 Å². The first kappa shape index (κ1) is 19.2. The van der Waals surface area contributed by atoms with Crippen LogP contribution in [0.15, 0.2) is 72.8 Å². The maximum atomic E-state index is 13.1. The molecule has 0 saturated heterocycles. The molecule has 138 valence electrons. The maximum absolute atomic E-state index is 13.1. The lowest BCUT2D eigenvalue weighted by atomic mass is 10.0. The van der Waals surface area contributed by atoms with Crippen molar-refractivity contribution >= 4 is 23.2 Å². The number of hydrogen-bond donors (Lipinski definition) is 2. The van der Waals surface area contributed by atoms with Gasteiger partial charge in [-0.05, 0) is 37.1 Å². The predicted molar refractivity (Wildman–Crippen MR) is 111 cm³/mol. The van der Waals surface area contributed by atoms with Crippen molar-refractivity contribution in [3.63, 3.8) is 0 Å². The monoisotopic (exact) mass is 379 g/mol. The van der Waals surface area contributed by atoms with Crippen LogP contribution in [-0.4, -0.2) is 5.91 Å². The fourth-order valence-corrected chi connectivity index (χ4v) is 3.26. The van der Waals surface area contributed by atoms with Crippen LogP contribution in [-0.2, 0) is 11.3 Å². The normalized spacial score (nSPS) is 11.8. The molecule has 4 heteroatoms. The number of nitrogens with one attached hydrogen (secondary N) is 1. The van der Waals surface area contributed by atoms with Gasteiger partial charge in [0.05, 0.1) is 0 Å². The zero-order valence-electron chi connectivity index (χ0n) is 15.6. The SMILES string of the molecule is Cc1ccc(C)c(NC(=O)[C@@H]([NH2+]Cc2ccccc2Cl)c2ccccc2)c1. The number of carbonyl (C=O) groups is 1. The van der Waals surface area contributed by atoms with E-state index in [1.54, 1.807) is 0 Å². The lowest BCUT2D eigenvalue weighted by molar-refractivity contribution is -0.697. The molecule has 0 aliphatic carbocycles. The first-order chi connectivity index (χ1) is 13.0. The lowest BCUT2D eigenvalue weighted by Gasteiger charge is -2.17. The number of amides is 1. The summed E-state index contributed by atoms with van der Waals surface area (Å²) in [6.45, 7) is 4.65. The maximum Gasteiger partial charge on any atom is 0.287 e. The number of hydrogen-bond acceptors (Lipinski definition) is 1. The highest BCUT2D eigenvalue weighted by atomic mass is 35.5. The minimum Gasteiger partial charge on any atom is -0.328 e. The highest BCUT2D eigenvalue weighted by Gasteiger charge is 2.24. The van der Waals surface area contributed by atoms with E-state index in [1.165, 1.54) is 0 Å². The van der Waals surface area contributed by atoms with Gasteiger partial charge < -0.3 is 10.6 Å². The summed E-state index contributed by atoms with van der Waals surface area (Å²) in [4.78, 5) is 13.1. The number of halogens is 1. The van der Waals surface area contributed by atoms with E-state index in [0.29, 0.717) is 6.54 Å². The van der Waals surface area contributed by atoms with E-state index in [4.69, 9.17) is 11.6 Å². The molecular weight excluding hydrogens is 356 g/mol. The van der Waals surface area contributed by atoms with E-state index < -0.39 is 0 Å². The summed E-state index contributed by atoms with van der Waals surface area (Å²) in [5, 5.41) is 5.84. The molecular formula is C23H24ClN2O+. The van der Waals surface area contributed by atoms with Crippen molar-refractivity contribution in [2.24, 2.45) is 0 Å². The molecule has 0 saturated carbocycles. The Bertz CT molecular complexity index is 925. The van der Waals surface area contributed by atoms with Crippen molar-refractivity contribution in [2.45, 2.75) is 26.4 Å². The van der Waals surface area contributed by atoms with Crippen molar-refractivity contribution in [3.8, 4) is 0 Å². The van der Waals surface area contributed by atoms with Crippen LogP contribution >= 0.6 is 11.6 Å². The molecule has 27 heavy (non-hydrogen) atoms. The quantitative estimate of drug-likeness (QED) is 0.655. The van der Waals surface area contributed by atoms with E-state index in [1.807, 2.05) is 92.0 Å². The summed E-state index contributed by atoms with van der Waals surface area (Å²) < 4.78 is 0. The van der Waals surface area contributed by atoms with Gasteiger partial charge in [-0.2, -0.15) is 0 Å². The van der Waals surface area contributed by atoms with Gasteiger partial charge in [0.25, 0.3) is 5.91 Å². The van der Waals surface area contributed by atoms with Crippen LogP contribution in [0.1, 0.15) is 28.3 Å². The Kier molecular flexibility index (Phi) is 6.28. The molecule has 3 nitrogen and oxygen atoms in total. The van der Waals surface area contributed by atoms with Crippen LogP contribution in [0.5, 0.6) is 0 Å². The second kappa shape index (κ2) is 8.85. The van der Waals surface area contributed by atoms with Gasteiger partial charge in [0.2, 0.25) is 0 Å². The van der Waals surface area contributed by atoms with E-state index >= 15 is 0 Å². The van der Waals surface area contributed by atoms with Crippen LogP contribution in [0, 0.1) is 13.8 Å². The Balaban J connectivity index is 1.82. The molecule has 0 radical (unpaired) electrons. The van der Waals surface area contributed by atoms with Gasteiger partial charge in [0.1, 0.15) is 6.54 Å². The van der Waals surface area contributed by atoms with E-state index in [2.05, 4.69) is 5.32 Å². The third-order valence-corrected chi connectivity index (χ3v) is 4.99. The largest absolute Gasteiger partial charge is 0.328 e. The zero-order valence-corrected chi connectivity index (χ0v) is 16.3. The zero-order chi connectivity index (χ0) is 19.2. The Morgan fingerprint density at radius 1 is 1.00 bits per heavy atom. The summed E-state index contributed by atoms with van der Waals surface area (Å²) in [6, 6.07) is 23.3. The van der Waals surface area contributed by atoms with Crippen molar-refractivity contribution in [2.75, 3.05) is 5.32 Å². The average molecular weight is 380 g/mol. The van der Waals surface area contributed by atoms with Crippen molar-refractivity contribution in [1.82, 2.24) is 0 Å².